The van der Waals surface area contributed by atoms with Crippen molar-refractivity contribution in [1.82, 2.24) is 15.2 Å². The standard InChI is InChI=1S/C21H25N3O3/c1-27-16-11-21(23-19(25)17-5-3-2-4-6-17)9-14-24(15-10-21)20(26)18-7-12-22-13-8-18/h2-8,12-13H,9-11,14-16H2,1H3,(H,23,25). The van der Waals surface area contributed by atoms with E-state index >= 15 is 0 Å². The Balaban J connectivity index is 1.68. The summed E-state index contributed by atoms with van der Waals surface area (Å²) >= 11 is 0. The number of amides is 2. The SMILES string of the molecule is COCCC1(NC(=O)c2ccccc2)CCN(C(=O)c2ccncc2)CC1. The number of rotatable bonds is 6. The van der Waals surface area contributed by atoms with Crippen LogP contribution in [0.25, 0.3) is 0 Å². The minimum absolute atomic E-state index is 0.00660. The van der Waals surface area contributed by atoms with Crippen LogP contribution in [0.4, 0.5) is 0 Å². The highest BCUT2D eigenvalue weighted by atomic mass is 16.5. The Morgan fingerprint density at radius 2 is 1.74 bits per heavy atom. The van der Waals surface area contributed by atoms with Crippen molar-refractivity contribution in [3.8, 4) is 0 Å². The number of aromatic nitrogens is 1. The van der Waals surface area contributed by atoms with E-state index in [1.807, 2.05) is 23.1 Å². The number of pyridine rings is 1. The van der Waals surface area contributed by atoms with Crippen LogP contribution in [0, 0.1) is 0 Å². The van der Waals surface area contributed by atoms with Gasteiger partial charge in [0.2, 0.25) is 0 Å². The van der Waals surface area contributed by atoms with Gasteiger partial charge in [-0.3, -0.25) is 14.6 Å². The predicted molar refractivity (Wildman–Crippen MR) is 103 cm³/mol. The quantitative estimate of drug-likeness (QED) is 0.852. The molecule has 3 rings (SSSR count). The first-order valence-electron chi connectivity index (χ1n) is 9.19. The number of carbonyl (C=O) groups is 2. The molecule has 0 radical (unpaired) electrons. The van der Waals surface area contributed by atoms with E-state index in [9.17, 15) is 9.59 Å². The van der Waals surface area contributed by atoms with Gasteiger partial charge in [0.05, 0.1) is 0 Å². The molecule has 0 spiro atoms. The summed E-state index contributed by atoms with van der Waals surface area (Å²) in [5.41, 5.74) is 0.921. The molecule has 1 aromatic carbocycles. The minimum atomic E-state index is -0.363. The maximum atomic E-state index is 12.7. The predicted octanol–water partition coefficient (Wildman–Crippen LogP) is 2.52. The van der Waals surface area contributed by atoms with Crippen LogP contribution in [0.1, 0.15) is 40.0 Å². The van der Waals surface area contributed by atoms with Gasteiger partial charge in [0.15, 0.2) is 0 Å². The average molecular weight is 367 g/mol. The second-order valence-electron chi connectivity index (χ2n) is 6.87. The monoisotopic (exact) mass is 367 g/mol. The second-order valence-corrected chi connectivity index (χ2v) is 6.87. The molecule has 1 saturated heterocycles. The highest BCUT2D eigenvalue weighted by Crippen LogP contribution is 2.27. The summed E-state index contributed by atoms with van der Waals surface area (Å²) in [6.45, 7) is 1.76. The summed E-state index contributed by atoms with van der Waals surface area (Å²) in [5.74, 6) is -0.0762. The molecule has 1 fully saturated rings. The number of piperidine rings is 1. The van der Waals surface area contributed by atoms with Gasteiger partial charge in [0, 0.05) is 55.9 Å². The molecule has 2 heterocycles. The summed E-state index contributed by atoms with van der Waals surface area (Å²) in [7, 11) is 1.66. The number of nitrogens with zero attached hydrogens (tertiary/aromatic N) is 2. The lowest BCUT2D eigenvalue weighted by Gasteiger charge is -2.42. The van der Waals surface area contributed by atoms with Crippen LogP contribution >= 0.6 is 0 Å². The first kappa shape index (κ1) is 19.0. The third-order valence-corrected chi connectivity index (χ3v) is 5.13. The molecule has 0 aliphatic carbocycles. The molecular weight excluding hydrogens is 342 g/mol. The number of benzene rings is 1. The van der Waals surface area contributed by atoms with Crippen molar-refractivity contribution in [2.24, 2.45) is 0 Å². The van der Waals surface area contributed by atoms with Crippen molar-refractivity contribution in [3.05, 3.63) is 66.0 Å². The van der Waals surface area contributed by atoms with Crippen molar-refractivity contribution in [1.29, 1.82) is 0 Å². The van der Waals surface area contributed by atoms with Gasteiger partial charge in [-0.25, -0.2) is 0 Å². The van der Waals surface area contributed by atoms with E-state index in [1.165, 1.54) is 0 Å². The van der Waals surface area contributed by atoms with Gasteiger partial charge in [-0.2, -0.15) is 0 Å². The fourth-order valence-corrected chi connectivity index (χ4v) is 3.45. The molecule has 1 aliphatic heterocycles. The van der Waals surface area contributed by atoms with E-state index in [1.54, 1.807) is 43.8 Å². The molecule has 2 amide bonds. The Bertz CT molecular complexity index is 757. The van der Waals surface area contributed by atoms with Crippen molar-refractivity contribution >= 4 is 11.8 Å². The summed E-state index contributed by atoms with van der Waals surface area (Å²) in [4.78, 5) is 31.1. The number of hydrogen-bond acceptors (Lipinski definition) is 4. The number of ether oxygens (including phenoxy) is 1. The number of hydrogen-bond donors (Lipinski definition) is 1. The topological polar surface area (TPSA) is 71.5 Å². The third kappa shape index (κ3) is 4.71. The average Bonchev–Trinajstić information content (AvgIpc) is 2.73. The zero-order chi connectivity index (χ0) is 19.1. The van der Waals surface area contributed by atoms with Gasteiger partial charge in [0.1, 0.15) is 0 Å². The Kier molecular flexibility index (Phi) is 6.19. The van der Waals surface area contributed by atoms with Crippen LogP contribution in [-0.2, 0) is 4.74 Å². The smallest absolute Gasteiger partial charge is 0.253 e. The van der Waals surface area contributed by atoms with E-state index < -0.39 is 0 Å². The van der Waals surface area contributed by atoms with Crippen molar-refractivity contribution in [3.63, 3.8) is 0 Å². The molecule has 0 atom stereocenters. The molecule has 0 saturated carbocycles. The second kappa shape index (κ2) is 8.77. The first-order valence-corrected chi connectivity index (χ1v) is 9.19. The van der Waals surface area contributed by atoms with Crippen LogP contribution in [0.3, 0.4) is 0 Å². The van der Waals surface area contributed by atoms with E-state index in [4.69, 9.17) is 4.74 Å². The lowest BCUT2D eigenvalue weighted by atomic mass is 9.84. The van der Waals surface area contributed by atoms with Crippen LogP contribution in [0.2, 0.25) is 0 Å². The number of methoxy groups -OCH3 is 1. The van der Waals surface area contributed by atoms with Gasteiger partial charge in [-0.05, 0) is 43.5 Å². The fraction of sp³-hybridized carbons (Fsp3) is 0.381. The largest absolute Gasteiger partial charge is 0.385 e. The first-order chi connectivity index (χ1) is 13.1. The fourth-order valence-electron chi connectivity index (χ4n) is 3.45. The molecule has 2 aromatic rings. The minimum Gasteiger partial charge on any atom is -0.385 e. The van der Waals surface area contributed by atoms with Gasteiger partial charge in [0.25, 0.3) is 11.8 Å². The maximum absolute atomic E-state index is 12.7. The summed E-state index contributed by atoms with van der Waals surface area (Å²) in [6, 6.07) is 12.7. The van der Waals surface area contributed by atoms with Crippen LogP contribution in [0.5, 0.6) is 0 Å². The highest BCUT2D eigenvalue weighted by Gasteiger charge is 2.37. The van der Waals surface area contributed by atoms with E-state index in [2.05, 4.69) is 10.3 Å². The molecule has 1 N–H and O–H groups in total. The summed E-state index contributed by atoms with van der Waals surface area (Å²) < 4.78 is 5.26. The lowest BCUT2D eigenvalue weighted by molar-refractivity contribution is 0.0559. The molecule has 27 heavy (non-hydrogen) atoms. The van der Waals surface area contributed by atoms with Crippen LogP contribution in [-0.4, -0.2) is 54.0 Å². The molecule has 6 heteroatoms. The molecular formula is C21H25N3O3. The van der Waals surface area contributed by atoms with Crippen LogP contribution < -0.4 is 5.32 Å². The molecule has 1 aliphatic rings. The van der Waals surface area contributed by atoms with Gasteiger partial charge in [-0.15, -0.1) is 0 Å². The molecule has 6 nitrogen and oxygen atoms in total. The maximum Gasteiger partial charge on any atom is 0.253 e. The summed E-state index contributed by atoms with van der Waals surface area (Å²) in [5, 5.41) is 3.22. The molecule has 1 aromatic heterocycles. The highest BCUT2D eigenvalue weighted by molar-refractivity contribution is 5.95. The van der Waals surface area contributed by atoms with E-state index in [-0.39, 0.29) is 17.4 Å². The molecule has 142 valence electrons. The molecule has 0 unspecified atom stereocenters. The molecule has 0 bridgehead atoms. The van der Waals surface area contributed by atoms with Gasteiger partial charge >= 0.3 is 0 Å². The van der Waals surface area contributed by atoms with Crippen molar-refractivity contribution in [2.75, 3.05) is 26.8 Å². The van der Waals surface area contributed by atoms with E-state index in [0.717, 1.165) is 6.42 Å². The lowest BCUT2D eigenvalue weighted by Crippen LogP contribution is -2.56. The normalized spacial score (nSPS) is 16.0. The Hall–Kier alpha value is -2.73. The Morgan fingerprint density at radius 1 is 1.07 bits per heavy atom. The van der Waals surface area contributed by atoms with E-state index in [0.29, 0.717) is 43.7 Å². The third-order valence-electron chi connectivity index (χ3n) is 5.13. The van der Waals surface area contributed by atoms with Crippen molar-refractivity contribution in [2.45, 2.75) is 24.8 Å². The van der Waals surface area contributed by atoms with Gasteiger partial charge in [-0.1, -0.05) is 18.2 Å². The zero-order valence-corrected chi connectivity index (χ0v) is 15.6. The summed E-state index contributed by atoms with van der Waals surface area (Å²) in [6.07, 6.45) is 5.37. The van der Waals surface area contributed by atoms with Crippen molar-refractivity contribution < 1.29 is 14.3 Å². The number of nitrogens with one attached hydrogen (secondary N) is 1. The van der Waals surface area contributed by atoms with Gasteiger partial charge < -0.3 is 15.0 Å². The number of likely N-dealkylation sites (tertiary alicyclic amines) is 1. The van der Waals surface area contributed by atoms with Crippen LogP contribution in [0.15, 0.2) is 54.9 Å². The Labute approximate surface area is 159 Å². The zero-order valence-electron chi connectivity index (χ0n) is 15.6. The number of carbonyl (C=O) groups excluding carboxylic acids is 2. The Morgan fingerprint density at radius 3 is 2.37 bits per heavy atom.